The monoisotopic (exact) mass is 288 g/mol. The molecule has 0 radical (unpaired) electrons. The van der Waals surface area contributed by atoms with E-state index in [1.54, 1.807) is 0 Å². The van der Waals surface area contributed by atoms with Crippen LogP contribution in [0.15, 0.2) is 24.3 Å². The zero-order valence-corrected chi connectivity index (χ0v) is 10.0. The van der Waals surface area contributed by atoms with Crippen LogP contribution >= 0.6 is 11.5 Å². The first-order valence-electron chi connectivity index (χ1n) is 4.97. The molecule has 19 heavy (non-hydrogen) atoms. The number of aromatic nitrogens is 1. The number of nitrogens with two attached hydrogens (primary N) is 1. The Hall–Kier alpha value is -2.09. The van der Waals surface area contributed by atoms with Crippen molar-refractivity contribution < 1.29 is 23.1 Å². The lowest BCUT2D eigenvalue weighted by atomic mass is 10.1. The fraction of sp³-hybridized carbons (Fsp3) is 0.0909. The molecule has 8 heteroatoms. The molecule has 3 N–H and O–H groups in total. The molecular formula is C11H7F3N2O2S. The van der Waals surface area contributed by atoms with Crippen LogP contribution in [-0.4, -0.2) is 15.4 Å². The SMILES string of the molecule is Nc1c(-c2ccc(C(F)(F)F)cc2)nsc1C(=O)O. The van der Waals surface area contributed by atoms with E-state index in [4.69, 9.17) is 10.8 Å². The lowest BCUT2D eigenvalue weighted by molar-refractivity contribution is -0.137. The highest BCUT2D eigenvalue weighted by molar-refractivity contribution is 7.09. The van der Waals surface area contributed by atoms with E-state index in [2.05, 4.69) is 4.37 Å². The summed E-state index contributed by atoms with van der Waals surface area (Å²) >= 11 is 0.692. The molecule has 1 aromatic heterocycles. The number of hydrogen-bond acceptors (Lipinski definition) is 4. The summed E-state index contributed by atoms with van der Waals surface area (Å²) in [5.74, 6) is -1.21. The lowest BCUT2D eigenvalue weighted by Gasteiger charge is -2.06. The normalized spacial score (nSPS) is 11.5. The van der Waals surface area contributed by atoms with E-state index in [0.717, 1.165) is 12.1 Å². The van der Waals surface area contributed by atoms with Crippen molar-refractivity contribution in [3.8, 4) is 11.3 Å². The van der Waals surface area contributed by atoms with E-state index >= 15 is 0 Å². The number of nitrogen functional groups attached to an aromatic ring is 1. The Balaban J connectivity index is 2.41. The molecule has 0 bridgehead atoms. The van der Waals surface area contributed by atoms with Gasteiger partial charge in [0, 0.05) is 5.56 Å². The number of carbonyl (C=O) groups is 1. The molecule has 1 aromatic carbocycles. The lowest BCUT2D eigenvalue weighted by Crippen LogP contribution is -2.04. The van der Waals surface area contributed by atoms with Gasteiger partial charge >= 0.3 is 12.1 Å². The third-order valence-corrected chi connectivity index (χ3v) is 3.26. The quantitative estimate of drug-likeness (QED) is 0.890. The zero-order chi connectivity index (χ0) is 14.2. The van der Waals surface area contributed by atoms with Gasteiger partial charge < -0.3 is 10.8 Å². The maximum absolute atomic E-state index is 12.4. The molecular weight excluding hydrogens is 281 g/mol. The van der Waals surface area contributed by atoms with Crippen LogP contribution in [-0.2, 0) is 6.18 Å². The number of aromatic carboxylic acids is 1. The minimum Gasteiger partial charge on any atom is -0.477 e. The van der Waals surface area contributed by atoms with E-state index in [1.807, 2.05) is 0 Å². The number of carboxylic acids is 1. The Labute approximate surface area is 109 Å². The number of hydrogen-bond donors (Lipinski definition) is 2. The average Bonchev–Trinajstić information content (AvgIpc) is 2.70. The molecule has 0 unspecified atom stereocenters. The fourth-order valence-corrected chi connectivity index (χ4v) is 2.14. The van der Waals surface area contributed by atoms with Crippen LogP contribution < -0.4 is 5.73 Å². The van der Waals surface area contributed by atoms with Gasteiger partial charge in [0.25, 0.3) is 0 Å². The topological polar surface area (TPSA) is 76.2 Å². The molecule has 0 saturated heterocycles. The maximum Gasteiger partial charge on any atom is 0.416 e. The second-order valence-corrected chi connectivity index (χ2v) is 4.43. The van der Waals surface area contributed by atoms with Gasteiger partial charge in [-0.15, -0.1) is 0 Å². The second kappa shape index (κ2) is 4.54. The molecule has 0 amide bonds. The number of anilines is 1. The smallest absolute Gasteiger partial charge is 0.416 e. The highest BCUT2D eigenvalue weighted by Crippen LogP contribution is 2.34. The summed E-state index contributed by atoms with van der Waals surface area (Å²) in [5, 5.41) is 8.82. The first-order chi connectivity index (χ1) is 8.80. The number of halogens is 3. The van der Waals surface area contributed by atoms with Crippen molar-refractivity contribution in [2.45, 2.75) is 6.18 Å². The van der Waals surface area contributed by atoms with Crippen LogP contribution in [0.2, 0.25) is 0 Å². The standard InChI is InChI=1S/C11H7F3N2O2S/c12-11(13,14)6-3-1-5(2-4-6)8-7(15)9(10(17)18)19-16-8/h1-4H,15H2,(H,17,18). The van der Waals surface area contributed by atoms with E-state index in [0.29, 0.717) is 17.1 Å². The molecule has 0 aliphatic rings. The first kappa shape index (κ1) is 13.3. The number of rotatable bonds is 2. The summed E-state index contributed by atoms with van der Waals surface area (Å²) in [6.07, 6.45) is -4.42. The molecule has 0 aliphatic heterocycles. The van der Waals surface area contributed by atoms with Gasteiger partial charge in [0.2, 0.25) is 0 Å². The molecule has 100 valence electrons. The van der Waals surface area contributed by atoms with Crippen molar-refractivity contribution in [1.29, 1.82) is 0 Å². The Bertz CT molecular complexity index is 620. The van der Waals surface area contributed by atoms with Gasteiger partial charge in [-0.25, -0.2) is 4.79 Å². The van der Waals surface area contributed by atoms with E-state index in [9.17, 15) is 18.0 Å². The summed E-state index contributed by atoms with van der Waals surface area (Å²) in [6.45, 7) is 0. The van der Waals surface area contributed by atoms with Crippen molar-refractivity contribution in [2.24, 2.45) is 0 Å². The van der Waals surface area contributed by atoms with Crippen LogP contribution in [0.4, 0.5) is 18.9 Å². The van der Waals surface area contributed by atoms with Crippen molar-refractivity contribution in [3.63, 3.8) is 0 Å². The Morgan fingerprint density at radius 1 is 1.26 bits per heavy atom. The predicted octanol–water partition coefficient (Wildman–Crippen LogP) is 3.11. The third kappa shape index (κ3) is 2.53. The van der Waals surface area contributed by atoms with Crippen molar-refractivity contribution in [2.75, 3.05) is 5.73 Å². The minimum absolute atomic E-state index is 0.0442. The van der Waals surface area contributed by atoms with Gasteiger partial charge in [-0.1, -0.05) is 12.1 Å². The van der Waals surface area contributed by atoms with E-state index in [-0.39, 0.29) is 16.3 Å². The van der Waals surface area contributed by atoms with Crippen molar-refractivity contribution in [1.82, 2.24) is 4.37 Å². The third-order valence-electron chi connectivity index (χ3n) is 2.41. The molecule has 0 atom stereocenters. The van der Waals surface area contributed by atoms with Gasteiger partial charge in [0.05, 0.1) is 11.3 Å². The molecule has 0 aliphatic carbocycles. The number of nitrogens with zero attached hydrogens (tertiary/aromatic N) is 1. The molecule has 4 nitrogen and oxygen atoms in total. The molecule has 0 fully saturated rings. The predicted molar refractivity (Wildman–Crippen MR) is 63.9 cm³/mol. The van der Waals surface area contributed by atoms with E-state index in [1.165, 1.54) is 12.1 Å². The van der Waals surface area contributed by atoms with Gasteiger partial charge in [-0.2, -0.15) is 17.5 Å². The number of benzene rings is 1. The highest BCUT2D eigenvalue weighted by atomic mass is 32.1. The molecule has 2 rings (SSSR count). The Kier molecular flexibility index (Phi) is 3.19. The highest BCUT2D eigenvalue weighted by Gasteiger charge is 2.30. The summed E-state index contributed by atoms with van der Waals surface area (Å²) in [6, 6.07) is 4.21. The maximum atomic E-state index is 12.4. The summed E-state index contributed by atoms with van der Waals surface area (Å²) in [5.41, 5.74) is 5.29. The van der Waals surface area contributed by atoms with Gasteiger partial charge in [-0.05, 0) is 23.7 Å². The van der Waals surface area contributed by atoms with Gasteiger partial charge in [0.15, 0.2) is 4.88 Å². The molecule has 0 saturated carbocycles. The summed E-state index contributed by atoms with van der Waals surface area (Å²) < 4.78 is 41.0. The zero-order valence-electron chi connectivity index (χ0n) is 9.23. The molecule has 2 aromatic rings. The largest absolute Gasteiger partial charge is 0.477 e. The second-order valence-electron chi connectivity index (χ2n) is 3.65. The van der Waals surface area contributed by atoms with Gasteiger partial charge in [-0.3, -0.25) is 0 Å². The van der Waals surface area contributed by atoms with Crippen molar-refractivity contribution in [3.05, 3.63) is 34.7 Å². The van der Waals surface area contributed by atoms with Gasteiger partial charge in [0.1, 0.15) is 5.69 Å². The van der Waals surface area contributed by atoms with Crippen LogP contribution in [0, 0.1) is 0 Å². The summed E-state index contributed by atoms with van der Waals surface area (Å²) in [4.78, 5) is 10.7. The molecule has 1 heterocycles. The Morgan fingerprint density at radius 2 is 1.84 bits per heavy atom. The number of alkyl halides is 3. The van der Waals surface area contributed by atoms with Crippen LogP contribution in [0.1, 0.15) is 15.2 Å². The average molecular weight is 288 g/mol. The van der Waals surface area contributed by atoms with Crippen molar-refractivity contribution >= 4 is 23.2 Å². The van der Waals surface area contributed by atoms with Crippen LogP contribution in [0.25, 0.3) is 11.3 Å². The molecule has 0 spiro atoms. The fourth-order valence-electron chi connectivity index (χ4n) is 1.48. The number of carboxylic acid groups (broad SMARTS) is 1. The minimum atomic E-state index is -4.42. The van der Waals surface area contributed by atoms with Crippen LogP contribution in [0.5, 0.6) is 0 Å². The first-order valence-corrected chi connectivity index (χ1v) is 5.74. The van der Waals surface area contributed by atoms with E-state index < -0.39 is 17.7 Å². The Morgan fingerprint density at radius 3 is 2.26 bits per heavy atom. The summed E-state index contributed by atoms with van der Waals surface area (Å²) in [7, 11) is 0. The van der Waals surface area contributed by atoms with Crippen LogP contribution in [0.3, 0.4) is 0 Å².